The first-order valence-corrected chi connectivity index (χ1v) is 15.9. The van der Waals surface area contributed by atoms with Crippen molar-refractivity contribution >= 4 is 30.0 Å². The Hall–Kier alpha value is -3.35. The Morgan fingerprint density at radius 3 is 2.20 bits per heavy atom. The Balaban J connectivity index is 0.00000442. The smallest absolute Gasteiger partial charge is 0.319 e. The van der Waals surface area contributed by atoms with Gasteiger partial charge in [0.1, 0.15) is 17.6 Å². The number of ether oxygens (including phenoxy) is 2. The van der Waals surface area contributed by atoms with Gasteiger partial charge in [0.05, 0.1) is 6.54 Å². The van der Waals surface area contributed by atoms with Crippen LogP contribution in [0.4, 0.5) is 5.69 Å². The number of amides is 1. The first-order chi connectivity index (χ1) is 20.7. The standard InChI is InChI=1S/C37H46N2O4.ClH/c1-37(2,3)31-20-18-26(17-19-27(42-36(41)24-38)21-25-11-5-4-6-12-25)22-32(31)39-35(40)23-30-28-13-7-9-15-33(28)43-34-16-10-8-14-29(30)34;/h7-10,13-16,18,20,22,25,27,30H,4-6,11-12,17,19,21,23-24,38H2,1-3H3,(H,39,40);1H/t27-;/m0./s1. The molecule has 1 heterocycles. The van der Waals surface area contributed by atoms with Crippen LogP contribution in [0.2, 0.25) is 0 Å². The van der Waals surface area contributed by atoms with E-state index in [2.05, 4.69) is 44.3 Å². The van der Waals surface area contributed by atoms with Gasteiger partial charge in [0.15, 0.2) is 0 Å². The van der Waals surface area contributed by atoms with Gasteiger partial charge < -0.3 is 20.5 Å². The predicted molar refractivity (Wildman–Crippen MR) is 179 cm³/mol. The fourth-order valence-corrected chi connectivity index (χ4v) is 6.70. The van der Waals surface area contributed by atoms with Gasteiger partial charge in [-0.15, -0.1) is 12.4 Å². The summed E-state index contributed by atoms with van der Waals surface area (Å²) in [5.74, 6) is 1.73. The molecule has 0 unspecified atom stereocenters. The van der Waals surface area contributed by atoms with Crippen LogP contribution in [-0.4, -0.2) is 24.5 Å². The summed E-state index contributed by atoms with van der Waals surface area (Å²) in [6.07, 6.45) is 8.76. The van der Waals surface area contributed by atoms with Crippen LogP contribution in [0.15, 0.2) is 66.7 Å². The molecule has 236 valence electrons. The van der Waals surface area contributed by atoms with E-state index in [0.717, 1.165) is 58.7 Å². The van der Waals surface area contributed by atoms with E-state index in [0.29, 0.717) is 12.3 Å². The maximum atomic E-state index is 13.7. The molecule has 5 rings (SSSR count). The molecule has 1 fully saturated rings. The summed E-state index contributed by atoms with van der Waals surface area (Å²) in [5.41, 5.74) is 10.5. The molecule has 0 saturated heterocycles. The molecule has 1 aliphatic heterocycles. The predicted octanol–water partition coefficient (Wildman–Crippen LogP) is 8.45. The highest BCUT2D eigenvalue weighted by molar-refractivity contribution is 5.93. The third-order valence-electron chi connectivity index (χ3n) is 8.91. The Bertz CT molecular complexity index is 1380. The van der Waals surface area contributed by atoms with Crippen LogP contribution in [0.3, 0.4) is 0 Å². The van der Waals surface area contributed by atoms with E-state index in [9.17, 15) is 9.59 Å². The highest BCUT2D eigenvalue weighted by Gasteiger charge is 2.29. The van der Waals surface area contributed by atoms with E-state index in [1.54, 1.807) is 0 Å². The van der Waals surface area contributed by atoms with Crippen molar-refractivity contribution in [1.29, 1.82) is 0 Å². The molecule has 0 spiro atoms. The number of hydrogen-bond donors (Lipinski definition) is 2. The average Bonchev–Trinajstić information content (AvgIpc) is 2.99. The third kappa shape index (κ3) is 8.42. The van der Waals surface area contributed by atoms with Gasteiger partial charge in [-0.3, -0.25) is 9.59 Å². The summed E-state index contributed by atoms with van der Waals surface area (Å²) >= 11 is 0. The molecule has 44 heavy (non-hydrogen) atoms. The minimum Gasteiger partial charge on any atom is -0.461 e. The molecule has 6 nitrogen and oxygen atoms in total. The fraction of sp³-hybridized carbons (Fsp3) is 0.459. The summed E-state index contributed by atoms with van der Waals surface area (Å²) in [5, 5.41) is 3.28. The number of hydrogen-bond acceptors (Lipinski definition) is 5. The maximum absolute atomic E-state index is 13.7. The molecule has 0 aromatic heterocycles. The number of para-hydroxylation sites is 2. The molecule has 1 saturated carbocycles. The van der Waals surface area contributed by atoms with Crippen molar-refractivity contribution < 1.29 is 19.1 Å². The normalized spacial score (nSPS) is 15.6. The van der Waals surface area contributed by atoms with Gasteiger partial charge in [-0.05, 0) is 59.9 Å². The average molecular weight is 619 g/mol. The van der Waals surface area contributed by atoms with Gasteiger partial charge >= 0.3 is 5.97 Å². The Morgan fingerprint density at radius 1 is 0.955 bits per heavy atom. The van der Waals surface area contributed by atoms with Gasteiger partial charge in [0.2, 0.25) is 5.91 Å². The van der Waals surface area contributed by atoms with E-state index in [-0.39, 0.29) is 48.3 Å². The van der Waals surface area contributed by atoms with Crippen molar-refractivity contribution in [2.24, 2.45) is 11.7 Å². The Labute approximate surface area is 268 Å². The molecule has 1 atom stereocenters. The van der Waals surface area contributed by atoms with E-state index >= 15 is 0 Å². The summed E-state index contributed by atoms with van der Waals surface area (Å²) in [7, 11) is 0. The van der Waals surface area contributed by atoms with Gasteiger partial charge in [0, 0.05) is 29.2 Å². The lowest BCUT2D eigenvalue weighted by atomic mass is 9.83. The van der Waals surface area contributed by atoms with E-state index < -0.39 is 0 Å². The summed E-state index contributed by atoms with van der Waals surface area (Å²) in [6.45, 7) is 6.39. The summed E-state index contributed by atoms with van der Waals surface area (Å²) in [6, 6.07) is 22.3. The van der Waals surface area contributed by atoms with Gasteiger partial charge in [-0.2, -0.15) is 0 Å². The molecule has 0 bridgehead atoms. The van der Waals surface area contributed by atoms with Crippen LogP contribution in [0.5, 0.6) is 11.5 Å². The second-order valence-corrected chi connectivity index (χ2v) is 13.2. The molecule has 0 radical (unpaired) electrons. The van der Waals surface area contributed by atoms with Gasteiger partial charge in [0.25, 0.3) is 0 Å². The number of aryl methyl sites for hydroxylation is 1. The Kier molecular flexibility index (Phi) is 11.5. The van der Waals surface area contributed by atoms with Crippen molar-refractivity contribution in [3.8, 4) is 11.5 Å². The minimum absolute atomic E-state index is 0. The van der Waals surface area contributed by atoms with Crippen LogP contribution in [-0.2, 0) is 26.2 Å². The number of halogens is 1. The minimum atomic E-state index is -0.340. The number of nitrogens with one attached hydrogen (secondary N) is 1. The number of carbonyl (C=O) groups excluding carboxylic acids is 2. The molecule has 1 amide bonds. The summed E-state index contributed by atoms with van der Waals surface area (Å²) in [4.78, 5) is 25.8. The zero-order valence-electron chi connectivity index (χ0n) is 26.3. The number of esters is 1. The molecular weight excluding hydrogens is 572 g/mol. The summed E-state index contributed by atoms with van der Waals surface area (Å²) < 4.78 is 11.9. The molecule has 1 aliphatic carbocycles. The molecule has 3 N–H and O–H groups in total. The third-order valence-corrected chi connectivity index (χ3v) is 8.91. The second kappa shape index (κ2) is 15.1. The molecule has 3 aromatic rings. The zero-order chi connectivity index (χ0) is 30.4. The lowest BCUT2D eigenvalue weighted by Gasteiger charge is -2.28. The Morgan fingerprint density at radius 2 is 1.59 bits per heavy atom. The lowest BCUT2D eigenvalue weighted by molar-refractivity contribution is -0.148. The van der Waals surface area contributed by atoms with Crippen molar-refractivity contribution in [3.05, 3.63) is 89.0 Å². The fourth-order valence-electron chi connectivity index (χ4n) is 6.70. The first-order valence-electron chi connectivity index (χ1n) is 15.9. The van der Waals surface area contributed by atoms with Crippen molar-refractivity contribution in [3.63, 3.8) is 0 Å². The van der Waals surface area contributed by atoms with E-state index in [1.807, 2.05) is 48.5 Å². The van der Waals surface area contributed by atoms with Crippen LogP contribution in [0.1, 0.15) is 100 Å². The molecule has 7 heteroatoms. The van der Waals surface area contributed by atoms with Gasteiger partial charge in [-0.25, -0.2) is 0 Å². The molecule has 3 aromatic carbocycles. The second-order valence-electron chi connectivity index (χ2n) is 13.2. The van der Waals surface area contributed by atoms with Crippen LogP contribution >= 0.6 is 12.4 Å². The molecular formula is C37H47ClN2O4. The van der Waals surface area contributed by atoms with Crippen molar-refractivity contribution in [2.75, 3.05) is 11.9 Å². The van der Waals surface area contributed by atoms with E-state index in [1.165, 1.54) is 32.1 Å². The quantitative estimate of drug-likeness (QED) is 0.223. The lowest BCUT2D eigenvalue weighted by Crippen LogP contribution is -2.27. The highest BCUT2D eigenvalue weighted by Crippen LogP contribution is 2.45. The molecule has 2 aliphatic rings. The number of nitrogens with two attached hydrogens (primary N) is 1. The SMILES string of the molecule is CC(C)(C)c1ccc(CC[C@@H](CC2CCCCC2)OC(=O)CN)cc1NC(=O)CC1c2ccccc2Oc2ccccc21.Cl. The van der Waals surface area contributed by atoms with Gasteiger partial charge in [-0.1, -0.05) is 101 Å². The number of carbonyl (C=O) groups is 2. The van der Waals surface area contributed by atoms with Crippen molar-refractivity contribution in [1.82, 2.24) is 0 Å². The maximum Gasteiger partial charge on any atom is 0.319 e. The van der Waals surface area contributed by atoms with Crippen LogP contribution in [0.25, 0.3) is 0 Å². The number of benzene rings is 3. The number of anilines is 1. The topological polar surface area (TPSA) is 90.6 Å². The van der Waals surface area contributed by atoms with Crippen LogP contribution < -0.4 is 15.8 Å². The number of rotatable bonds is 10. The monoisotopic (exact) mass is 618 g/mol. The zero-order valence-corrected chi connectivity index (χ0v) is 27.1. The van der Waals surface area contributed by atoms with Crippen molar-refractivity contribution in [2.45, 2.75) is 96.0 Å². The largest absolute Gasteiger partial charge is 0.461 e. The van der Waals surface area contributed by atoms with Crippen LogP contribution in [0, 0.1) is 5.92 Å². The highest BCUT2D eigenvalue weighted by atomic mass is 35.5. The number of fused-ring (bicyclic) bond motifs is 2. The first kappa shape index (κ1) is 33.5. The van der Waals surface area contributed by atoms with E-state index in [4.69, 9.17) is 15.2 Å².